The fourth-order valence-corrected chi connectivity index (χ4v) is 2.41. The summed E-state index contributed by atoms with van der Waals surface area (Å²) in [6.07, 6.45) is 0. The van der Waals surface area contributed by atoms with Gasteiger partial charge in [-0.2, -0.15) is 0 Å². The third-order valence-electron chi connectivity index (χ3n) is 3.49. The number of nitro groups is 1. The number of hydrogen-bond donors (Lipinski definition) is 0. The van der Waals surface area contributed by atoms with Crippen LogP contribution < -0.4 is 0 Å². The van der Waals surface area contributed by atoms with E-state index in [1.807, 2.05) is 6.07 Å². The molecule has 4 heteroatoms. The molecule has 1 aliphatic heterocycles. The van der Waals surface area contributed by atoms with Crippen molar-refractivity contribution in [3.05, 3.63) is 39.4 Å². The van der Waals surface area contributed by atoms with E-state index in [2.05, 4.69) is 25.8 Å². The summed E-state index contributed by atoms with van der Waals surface area (Å²) in [7, 11) is 2.06. The molecule has 0 bridgehead atoms. The molecule has 0 saturated heterocycles. The minimum Gasteiger partial charge on any atom is -0.299 e. The molecule has 1 heterocycles. The quantitative estimate of drug-likeness (QED) is 0.540. The zero-order valence-electron chi connectivity index (χ0n) is 9.80. The van der Waals surface area contributed by atoms with Crippen LogP contribution in [0.1, 0.15) is 36.9 Å². The van der Waals surface area contributed by atoms with Crippen LogP contribution in [0.4, 0.5) is 5.69 Å². The lowest BCUT2D eigenvalue weighted by Gasteiger charge is -2.35. The fraction of sp³-hybridized carbons (Fsp3) is 0.500. The van der Waals surface area contributed by atoms with Crippen molar-refractivity contribution in [1.29, 1.82) is 0 Å². The van der Waals surface area contributed by atoms with Gasteiger partial charge in [0.1, 0.15) is 0 Å². The first kappa shape index (κ1) is 11.1. The number of rotatable bonds is 1. The molecule has 86 valence electrons. The van der Waals surface area contributed by atoms with Crippen molar-refractivity contribution < 1.29 is 4.92 Å². The van der Waals surface area contributed by atoms with Gasteiger partial charge in [0, 0.05) is 24.7 Å². The van der Waals surface area contributed by atoms with Crippen molar-refractivity contribution in [1.82, 2.24) is 4.90 Å². The molecule has 0 spiro atoms. The van der Waals surface area contributed by atoms with E-state index < -0.39 is 0 Å². The molecule has 0 aliphatic carbocycles. The molecule has 0 aromatic heterocycles. The van der Waals surface area contributed by atoms with Crippen LogP contribution in [-0.2, 0) is 0 Å². The molecular formula is C12H16N2O2. The zero-order chi connectivity index (χ0) is 11.9. The van der Waals surface area contributed by atoms with Crippen LogP contribution in [0.5, 0.6) is 0 Å². The summed E-state index contributed by atoms with van der Waals surface area (Å²) in [5, 5.41) is 10.7. The molecule has 4 nitrogen and oxygen atoms in total. The van der Waals surface area contributed by atoms with E-state index >= 15 is 0 Å². The highest BCUT2D eigenvalue weighted by atomic mass is 16.6. The van der Waals surface area contributed by atoms with Crippen LogP contribution in [0, 0.1) is 10.1 Å². The number of likely N-dealkylation sites (N-methyl/N-ethyl adjacent to an activating group) is 1. The zero-order valence-corrected chi connectivity index (χ0v) is 9.80. The number of hydrogen-bond acceptors (Lipinski definition) is 3. The number of non-ortho nitro benzene ring substituents is 1. The van der Waals surface area contributed by atoms with Gasteiger partial charge in [0.25, 0.3) is 5.69 Å². The summed E-state index contributed by atoms with van der Waals surface area (Å²) in [4.78, 5) is 12.7. The van der Waals surface area contributed by atoms with Crippen molar-refractivity contribution in [3.8, 4) is 0 Å². The van der Waals surface area contributed by atoms with Crippen LogP contribution in [0.2, 0.25) is 0 Å². The largest absolute Gasteiger partial charge is 0.299 e. The van der Waals surface area contributed by atoms with Crippen LogP contribution in [-0.4, -0.2) is 23.4 Å². The van der Waals surface area contributed by atoms with Crippen molar-refractivity contribution in [2.45, 2.75) is 25.8 Å². The second kappa shape index (κ2) is 3.87. The average molecular weight is 220 g/mol. The second-order valence-corrected chi connectivity index (χ2v) is 4.59. The lowest BCUT2D eigenvalue weighted by Crippen LogP contribution is -2.32. The number of nitro benzene ring substituents is 1. The minimum absolute atomic E-state index is 0.188. The van der Waals surface area contributed by atoms with Gasteiger partial charge < -0.3 is 0 Å². The topological polar surface area (TPSA) is 46.4 Å². The summed E-state index contributed by atoms with van der Waals surface area (Å²) in [6, 6.07) is 5.48. The smallest absolute Gasteiger partial charge is 0.269 e. The lowest BCUT2D eigenvalue weighted by atomic mass is 9.87. The molecule has 2 atom stereocenters. The maximum Gasteiger partial charge on any atom is 0.269 e. The Hall–Kier alpha value is -1.42. The van der Waals surface area contributed by atoms with Crippen LogP contribution >= 0.6 is 0 Å². The van der Waals surface area contributed by atoms with Gasteiger partial charge in [0.15, 0.2) is 0 Å². The number of benzene rings is 1. The summed E-state index contributed by atoms with van der Waals surface area (Å²) < 4.78 is 0. The molecule has 0 amide bonds. The van der Waals surface area contributed by atoms with Gasteiger partial charge in [0.05, 0.1) is 4.92 Å². The SMILES string of the molecule is CC1CN(C)C(C)c2cc([N+](=O)[O-])ccc21. The highest BCUT2D eigenvalue weighted by Gasteiger charge is 2.27. The van der Waals surface area contributed by atoms with E-state index in [9.17, 15) is 10.1 Å². The Bertz CT molecular complexity index is 431. The molecule has 1 aliphatic rings. The van der Waals surface area contributed by atoms with E-state index in [1.165, 1.54) is 5.56 Å². The third-order valence-corrected chi connectivity index (χ3v) is 3.49. The maximum atomic E-state index is 10.7. The number of fused-ring (bicyclic) bond motifs is 1. The monoisotopic (exact) mass is 220 g/mol. The maximum absolute atomic E-state index is 10.7. The van der Waals surface area contributed by atoms with Crippen molar-refractivity contribution >= 4 is 5.69 Å². The van der Waals surface area contributed by atoms with E-state index in [0.29, 0.717) is 5.92 Å². The van der Waals surface area contributed by atoms with E-state index in [1.54, 1.807) is 12.1 Å². The van der Waals surface area contributed by atoms with E-state index in [0.717, 1.165) is 12.1 Å². The highest BCUT2D eigenvalue weighted by Crippen LogP contribution is 2.36. The Balaban J connectivity index is 2.51. The van der Waals surface area contributed by atoms with Crippen LogP contribution in [0.25, 0.3) is 0 Å². The van der Waals surface area contributed by atoms with Crippen molar-refractivity contribution in [2.75, 3.05) is 13.6 Å². The Morgan fingerprint density at radius 3 is 2.69 bits per heavy atom. The number of nitrogens with zero attached hydrogens (tertiary/aromatic N) is 2. The fourth-order valence-electron chi connectivity index (χ4n) is 2.41. The normalized spacial score (nSPS) is 25.2. The van der Waals surface area contributed by atoms with Gasteiger partial charge in [-0.15, -0.1) is 0 Å². The summed E-state index contributed by atoms with van der Waals surface area (Å²) >= 11 is 0. The van der Waals surface area contributed by atoms with Gasteiger partial charge in [-0.1, -0.05) is 13.0 Å². The second-order valence-electron chi connectivity index (χ2n) is 4.59. The molecule has 2 rings (SSSR count). The predicted molar refractivity (Wildman–Crippen MR) is 62.6 cm³/mol. The summed E-state index contributed by atoms with van der Waals surface area (Å²) in [5.74, 6) is 0.442. The van der Waals surface area contributed by atoms with Crippen molar-refractivity contribution in [3.63, 3.8) is 0 Å². The summed E-state index contributed by atoms with van der Waals surface area (Å²) in [5.41, 5.74) is 2.53. The molecule has 1 aromatic rings. The highest BCUT2D eigenvalue weighted by molar-refractivity contribution is 5.44. The van der Waals surface area contributed by atoms with Gasteiger partial charge in [-0.3, -0.25) is 15.0 Å². The molecule has 16 heavy (non-hydrogen) atoms. The molecular weight excluding hydrogens is 204 g/mol. The standard InChI is InChI=1S/C12H16N2O2/c1-8-7-13(3)9(2)12-6-10(14(15)16)4-5-11(8)12/h4-6,8-9H,7H2,1-3H3. The van der Waals surface area contributed by atoms with E-state index in [-0.39, 0.29) is 16.7 Å². The Kier molecular flexibility index (Phi) is 2.68. The predicted octanol–water partition coefficient (Wildman–Crippen LogP) is 2.70. The Morgan fingerprint density at radius 2 is 2.06 bits per heavy atom. The Morgan fingerprint density at radius 1 is 1.38 bits per heavy atom. The van der Waals surface area contributed by atoms with Crippen LogP contribution in [0.15, 0.2) is 18.2 Å². The Labute approximate surface area is 95.0 Å². The average Bonchev–Trinajstić information content (AvgIpc) is 2.25. The van der Waals surface area contributed by atoms with Crippen molar-refractivity contribution in [2.24, 2.45) is 0 Å². The van der Waals surface area contributed by atoms with E-state index in [4.69, 9.17) is 0 Å². The van der Waals surface area contributed by atoms with Gasteiger partial charge in [0.2, 0.25) is 0 Å². The minimum atomic E-state index is -0.327. The molecule has 0 fully saturated rings. The first-order chi connectivity index (χ1) is 7.50. The van der Waals surface area contributed by atoms with Gasteiger partial charge >= 0.3 is 0 Å². The summed E-state index contributed by atoms with van der Waals surface area (Å²) in [6.45, 7) is 5.26. The first-order valence-corrected chi connectivity index (χ1v) is 5.49. The van der Waals surface area contributed by atoms with Gasteiger partial charge in [-0.25, -0.2) is 0 Å². The molecule has 0 saturated carbocycles. The molecule has 0 radical (unpaired) electrons. The van der Waals surface area contributed by atoms with Gasteiger partial charge in [-0.05, 0) is 31.0 Å². The lowest BCUT2D eigenvalue weighted by molar-refractivity contribution is -0.385. The molecule has 1 aromatic carbocycles. The molecule has 0 N–H and O–H groups in total. The molecule has 2 unspecified atom stereocenters. The third kappa shape index (κ3) is 1.69. The van der Waals surface area contributed by atoms with Crippen LogP contribution in [0.3, 0.4) is 0 Å². The first-order valence-electron chi connectivity index (χ1n) is 5.49.